The minimum Gasteiger partial charge on any atom is -0.376 e. The number of carbonyl (C=O) groups excluding carboxylic acids is 1. The number of fused-ring (bicyclic) bond motifs is 1. The molecule has 2 aliphatic rings. The molecule has 0 atom stereocenters. The highest BCUT2D eigenvalue weighted by Crippen LogP contribution is 2.32. The molecule has 4 rings (SSSR count). The number of carbonyl (C=O) groups is 1. The molecule has 32 heavy (non-hydrogen) atoms. The quantitative estimate of drug-likeness (QED) is 0.621. The molecule has 1 aromatic carbocycles. The van der Waals surface area contributed by atoms with Crippen molar-refractivity contribution in [1.82, 2.24) is 19.7 Å². The van der Waals surface area contributed by atoms with Gasteiger partial charge in [-0.15, -0.1) is 0 Å². The van der Waals surface area contributed by atoms with Gasteiger partial charge < -0.3 is 15.1 Å². The Morgan fingerprint density at radius 1 is 1.16 bits per heavy atom. The fourth-order valence-corrected chi connectivity index (χ4v) is 4.43. The average Bonchev–Trinajstić information content (AvgIpc) is 3.58. The van der Waals surface area contributed by atoms with E-state index >= 15 is 0 Å². The Labute approximate surface area is 192 Å². The summed E-state index contributed by atoms with van der Waals surface area (Å²) in [6.07, 6.45) is 3.85. The van der Waals surface area contributed by atoms with Crippen LogP contribution in [0, 0.1) is 12.8 Å². The molecule has 6 nitrogen and oxygen atoms in total. The first-order chi connectivity index (χ1) is 15.5. The minimum atomic E-state index is 0.110. The van der Waals surface area contributed by atoms with Crippen LogP contribution in [0.25, 0.3) is 0 Å². The summed E-state index contributed by atoms with van der Waals surface area (Å²) in [4.78, 5) is 24.4. The zero-order valence-electron chi connectivity index (χ0n) is 19.8. The highest BCUT2D eigenvalue weighted by Gasteiger charge is 2.27. The van der Waals surface area contributed by atoms with Gasteiger partial charge in [0.05, 0.1) is 18.8 Å². The number of hydrogen-bond donors (Lipinski definition) is 1. The van der Waals surface area contributed by atoms with Crippen LogP contribution >= 0.6 is 0 Å². The largest absolute Gasteiger partial charge is 0.376 e. The molecule has 1 saturated carbocycles. The summed E-state index contributed by atoms with van der Waals surface area (Å²) in [7, 11) is 4.07. The molecule has 6 heteroatoms. The van der Waals surface area contributed by atoms with Crippen molar-refractivity contribution in [2.75, 3.05) is 52.1 Å². The molecule has 1 aliphatic carbocycles. The van der Waals surface area contributed by atoms with E-state index in [4.69, 9.17) is 0 Å². The van der Waals surface area contributed by atoms with Gasteiger partial charge in [0.1, 0.15) is 0 Å². The highest BCUT2D eigenvalue weighted by molar-refractivity contribution is 5.81. The maximum atomic E-state index is 13.2. The van der Waals surface area contributed by atoms with E-state index in [-0.39, 0.29) is 5.91 Å². The molecule has 1 amide bonds. The van der Waals surface area contributed by atoms with Crippen molar-refractivity contribution >= 4 is 11.6 Å². The maximum absolute atomic E-state index is 13.2. The first-order valence-corrected chi connectivity index (χ1v) is 11.9. The van der Waals surface area contributed by atoms with Crippen LogP contribution in [0.3, 0.4) is 0 Å². The third kappa shape index (κ3) is 6.30. The number of aromatic nitrogens is 1. The number of pyridine rings is 1. The van der Waals surface area contributed by atoms with Gasteiger partial charge in [0.25, 0.3) is 0 Å². The SMILES string of the molecule is Cc1cccc(CN(CCN(C)C)C(=O)CNc2cccc3c2CCN(CC2CC2)C3)n1. The number of anilines is 1. The number of amides is 1. The van der Waals surface area contributed by atoms with Gasteiger partial charge in [0.2, 0.25) is 5.91 Å². The van der Waals surface area contributed by atoms with Crippen molar-refractivity contribution in [3.63, 3.8) is 0 Å². The van der Waals surface area contributed by atoms with E-state index in [1.807, 2.05) is 44.1 Å². The Morgan fingerprint density at radius 2 is 1.97 bits per heavy atom. The van der Waals surface area contributed by atoms with Gasteiger partial charge in [0, 0.05) is 44.1 Å². The summed E-state index contributed by atoms with van der Waals surface area (Å²) in [5.74, 6) is 1.03. The standard InChI is InChI=1S/C26H37N5O/c1-20-6-4-8-23(28-20)19-31(15-14-29(2)3)26(32)16-27-25-9-5-7-22-18-30(13-12-24(22)25)17-21-10-11-21/h4-9,21,27H,10-19H2,1-3H3. The number of rotatable bonds is 10. The summed E-state index contributed by atoms with van der Waals surface area (Å²) in [6.45, 7) is 7.74. The smallest absolute Gasteiger partial charge is 0.242 e. The Kier molecular flexibility index (Phi) is 7.43. The van der Waals surface area contributed by atoms with E-state index in [2.05, 4.69) is 38.3 Å². The summed E-state index contributed by atoms with van der Waals surface area (Å²) >= 11 is 0. The predicted octanol–water partition coefficient (Wildman–Crippen LogP) is 3.16. The van der Waals surface area contributed by atoms with Gasteiger partial charge in [-0.3, -0.25) is 14.7 Å². The molecule has 172 valence electrons. The fraction of sp³-hybridized carbons (Fsp3) is 0.538. The van der Waals surface area contributed by atoms with Crippen molar-refractivity contribution in [2.45, 2.75) is 39.3 Å². The molecule has 0 unspecified atom stereocenters. The van der Waals surface area contributed by atoms with Crippen molar-refractivity contribution in [3.8, 4) is 0 Å². The number of likely N-dealkylation sites (N-methyl/N-ethyl adjacent to an activating group) is 1. The Morgan fingerprint density at radius 3 is 2.72 bits per heavy atom. The second-order valence-corrected chi connectivity index (χ2v) is 9.61. The molecule has 1 fully saturated rings. The van der Waals surface area contributed by atoms with Crippen LogP contribution in [0.1, 0.15) is 35.4 Å². The minimum absolute atomic E-state index is 0.110. The van der Waals surface area contributed by atoms with Crippen molar-refractivity contribution in [2.24, 2.45) is 5.92 Å². The zero-order chi connectivity index (χ0) is 22.5. The second kappa shape index (κ2) is 10.5. The van der Waals surface area contributed by atoms with Gasteiger partial charge in [-0.05, 0) is 75.5 Å². The fourth-order valence-electron chi connectivity index (χ4n) is 4.43. The van der Waals surface area contributed by atoms with Gasteiger partial charge in [-0.1, -0.05) is 18.2 Å². The van der Waals surface area contributed by atoms with E-state index in [1.54, 1.807) is 0 Å². The predicted molar refractivity (Wildman–Crippen MR) is 130 cm³/mol. The van der Waals surface area contributed by atoms with E-state index in [1.165, 1.54) is 30.5 Å². The molecule has 1 N–H and O–H groups in total. The average molecular weight is 436 g/mol. The van der Waals surface area contributed by atoms with Crippen molar-refractivity contribution < 1.29 is 4.79 Å². The summed E-state index contributed by atoms with van der Waals surface area (Å²) in [6, 6.07) is 12.5. The van der Waals surface area contributed by atoms with Crippen molar-refractivity contribution in [3.05, 3.63) is 58.9 Å². The monoisotopic (exact) mass is 435 g/mol. The highest BCUT2D eigenvalue weighted by atomic mass is 16.2. The molecule has 0 spiro atoms. The van der Waals surface area contributed by atoms with E-state index in [0.717, 1.165) is 49.0 Å². The van der Waals surface area contributed by atoms with Crippen LogP contribution < -0.4 is 5.32 Å². The Hall–Kier alpha value is -2.44. The lowest BCUT2D eigenvalue weighted by Gasteiger charge is -2.30. The van der Waals surface area contributed by atoms with E-state index in [9.17, 15) is 4.79 Å². The summed E-state index contributed by atoms with van der Waals surface area (Å²) < 4.78 is 0. The third-order valence-electron chi connectivity index (χ3n) is 6.46. The van der Waals surface area contributed by atoms with Crippen LogP contribution in [0.5, 0.6) is 0 Å². The first-order valence-electron chi connectivity index (χ1n) is 11.9. The zero-order valence-corrected chi connectivity index (χ0v) is 19.8. The lowest BCUT2D eigenvalue weighted by Crippen LogP contribution is -2.39. The molecular formula is C26H37N5O. The molecule has 0 radical (unpaired) electrons. The normalized spacial score (nSPS) is 16.1. The van der Waals surface area contributed by atoms with Crippen LogP contribution in [0.4, 0.5) is 5.69 Å². The van der Waals surface area contributed by atoms with Gasteiger partial charge in [0.15, 0.2) is 0 Å². The van der Waals surface area contributed by atoms with Crippen LogP contribution in [0.15, 0.2) is 36.4 Å². The Balaban J connectivity index is 1.39. The number of nitrogens with one attached hydrogen (secondary N) is 1. The second-order valence-electron chi connectivity index (χ2n) is 9.61. The molecule has 1 aromatic heterocycles. The number of benzene rings is 1. The molecule has 0 saturated heterocycles. The third-order valence-corrected chi connectivity index (χ3v) is 6.46. The topological polar surface area (TPSA) is 51.7 Å². The number of nitrogens with zero attached hydrogens (tertiary/aromatic N) is 4. The molecule has 2 heterocycles. The summed E-state index contributed by atoms with van der Waals surface area (Å²) in [5.41, 5.74) is 5.82. The number of hydrogen-bond acceptors (Lipinski definition) is 5. The van der Waals surface area contributed by atoms with Gasteiger partial charge >= 0.3 is 0 Å². The molecule has 0 bridgehead atoms. The van der Waals surface area contributed by atoms with Gasteiger partial charge in [-0.25, -0.2) is 0 Å². The molecular weight excluding hydrogens is 398 g/mol. The molecule has 2 aromatic rings. The van der Waals surface area contributed by atoms with Crippen LogP contribution in [-0.4, -0.2) is 72.4 Å². The van der Waals surface area contributed by atoms with E-state index in [0.29, 0.717) is 19.6 Å². The van der Waals surface area contributed by atoms with Gasteiger partial charge in [-0.2, -0.15) is 0 Å². The summed E-state index contributed by atoms with van der Waals surface area (Å²) in [5, 5.41) is 3.46. The van der Waals surface area contributed by atoms with Crippen molar-refractivity contribution in [1.29, 1.82) is 0 Å². The van der Waals surface area contributed by atoms with Crippen LogP contribution in [-0.2, 0) is 24.3 Å². The lowest BCUT2D eigenvalue weighted by molar-refractivity contribution is -0.130. The maximum Gasteiger partial charge on any atom is 0.242 e. The van der Waals surface area contributed by atoms with Crippen LogP contribution in [0.2, 0.25) is 0 Å². The van der Waals surface area contributed by atoms with E-state index < -0.39 is 0 Å². The lowest BCUT2D eigenvalue weighted by atomic mass is 9.97. The number of aryl methyl sites for hydroxylation is 1. The Bertz CT molecular complexity index is 924. The first kappa shape index (κ1) is 22.7. The molecule has 1 aliphatic heterocycles.